The average molecular weight is 193 g/mol. The molecule has 1 rings (SSSR count). The molecule has 0 aliphatic heterocycles. The van der Waals surface area contributed by atoms with Gasteiger partial charge >= 0.3 is 0 Å². The maximum Gasteiger partial charge on any atom is 0.235 e. The lowest BCUT2D eigenvalue weighted by molar-refractivity contribution is 0.563. The van der Waals surface area contributed by atoms with Crippen molar-refractivity contribution in [2.45, 2.75) is 6.54 Å². The van der Waals surface area contributed by atoms with Crippen molar-refractivity contribution in [3.8, 4) is 6.07 Å². The quantitative estimate of drug-likeness (QED) is 0.532. The van der Waals surface area contributed by atoms with E-state index < -0.39 is 0 Å². The second-order valence-electron chi connectivity index (χ2n) is 2.29. The van der Waals surface area contributed by atoms with E-state index in [1.807, 2.05) is 6.07 Å². The number of halogens is 1. The number of nitriles is 1. The van der Waals surface area contributed by atoms with E-state index in [1.165, 1.54) is 6.08 Å². The number of benzene rings is 1. The van der Waals surface area contributed by atoms with Crippen molar-refractivity contribution < 1.29 is 4.79 Å². The van der Waals surface area contributed by atoms with Crippen LogP contribution < -0.4 is 0 Å². The largest absolute Gasteiger partial charge is 0.235 e. The third-order valence-electron chi connectivity index (χ3n) is 1.53. The van der Waals surface area contributed by atoms with Crippen LogP contribution in [-0.4, -0.2) is 6.08 Å². The topological polar surface area (TPSA) is 53.2 Å². The molecule has 0 heterocycles. The van der Waals surface area contributed by atoms with Crippen LogP contribution in [0.1, 0.15) is 11.1 Å². The van der Waals surface area contributed by atoms with Gasteiger partial charge in [0.15, 0.2) is 0 Å². The molecule has 0 aliphatic rings. The first kappa shape index (κ1) is 9.47. The first-order valence-electron chi connectivity index (χ1n) is 3.50. The number of nitrogens with zero attached hydrogens (tertiary/aromatic N) is 2. The van der Waals surface area contributed by atoms with Gasteiger partial charge in [0.25, 0.3) is 0 Å². The van der Waals surface area contributed by atoms with E-state index in [0.29, 0.717) is 16.1 Å². The van der Waals surface area contributed by atoms with Crippen LogP contribution >= 0.6 is 11.6 Å². The molecule has 0 spiro atoms. The predicted octanol–water partition coefficient (Wildman–Crippen LogP) is 2.05. The summed E-state index contributed by atoms with van der Waals surface area (Å²) in [6.07, 6.45) is 1.41. The fourth-order valence-electron chi connectivity index (χ4n) is 0.943. The molecule has 0 aliphatic carbocycles. The Labute approximate surface area is 80.3 Å². The number of aliphatic imine (C=N–C) groups is 1. The number of rotatable bonds is 2. The van der Waals surface area contributed by atoms with Gasteiger partial charge in [-0.2, -0.15) is 5.26 Å². The van der Waals surface area contributed by atoms with Crippen molar-refractivity contribution in [2.75, 3.05) is 0 Å². The highest BCUT2D eigenvalue weighted by Crippen LogP contribution is 2.19. The fraction of sp³-hybridized carbons (Fsp3) is 0.111. The summed E-state index contributed by atoms with van der Waals surface area (Å²) in [5.74, 6) is 0. The lowest BCUT2D eigenvalue weighted by Crippen LogP contribution is -1.88. The normalized spacial score (nSPS) is 8.62. The van der Waals surface area contributed by atoms with Crippen molar-refractivity contribution in [3.05, 3.63) is 34.3 Å². The zero-order chi connectivity index (χ0) is 9.68. The molecule has 0 unspecified atom stereocenters. The Morgan fingerprint density at radius 3 is 2.92 bits per heavy atom. The molecular formula is C9H5ClN2O. The van der Waals surface area contributed by atoms with Gasteiger partial charge in [0.1, 0.15) is 6.07 Å². The summed E-state index contributed by atoms with van der Waals surface area (Å²) < 4.78 is 0. The molecule has 64 valence electrons. The fourth-order valence-corrected chi connectivity index (χ4v) is 1.18. The molecule has 0 amide bonds. The maximum atomic E-state index is 9.86. The van der Waals surface area contributed by atoms with E-state index in [1.54, 1.807) is 18.2 Å². The molecule has 1 aromatic carbocycles. The van der Waals surface area contributed by atoms with Gasteiger partial charge in [-0.25, -0.2) is 9.79 Å². The molecule has 0 saturated carbocycles. The summed E-state index contributed by atoms with van der Waals surface area (Å²) in [4.78, 5) is 13.2. The van der Waals surface area contributed by atoms with Gasteiger partial charge in [-0.3, -0.25) is 0 Å². The third-order valence-corrected chi connectivity index (χ3v) is 1.84. The first-order chi connectivity index (χ1) is 6.29. The van der Waals surface area contributed by atoms with Crippen molar-refractivity contribution in [1.29, 1.82) is 5.26 Å². The van der Waals surface area contributed by atoms with Crippen LogP contribution in [0.3, 0.4) is 0 Å². The Balaban J connectivity index is 3.14. The highest BCUT2D eigenvalue weighted by atomic mass is 35.5. The third kappa shape index (κ3) is 2.16. The number of hydrogen-bond donors (Lipinski definition) is 0. The number of isocyanates is 1. The van der Waals surface area contributed by atoms with Crippen molar-refractivity contribution >= 4 is 17.7 Å². The predicted molar refractivity (Wildman–Crippen MR) is 48.0 cm³/mol. The summed E-state index contributed by atoms with van der Waals surface area (Å²) in [7, 11) is 0. The minimum atomic E-state index is 0.146. The summed E-state index contributed by atoms with van der Waals surface area (Å²) in [5.41, 5.74) is 1.00. The summed E-state index contributed by atoms with van der Waals surface area (Å²) in [6, 6.07) is 6.98. The lowest BCUT2D eigenvalue weighted by atomic mass is 10.1. The molecule has 0 bridgehead atoms. The van der Waals surface area contributed by atoms with Crippen LogP contribution in [0.2, 0.25) is 5.02 Å². The van der Waals surface area contributed by atoms with E-state index in [-0.39, 0.29) is 6.54 Å². The standard InChI is InChI=1S/C9H5ClN2O/c10-9-3-1-2-7(5-12-6-13)8(9)4-11/h1-3H,5H2. The van der Waals surface area contributed by atoms with Gasteiger partial charge in [-0.15, -0.1) is 0 Å². The molecule has 0 aromatic heterocycles. The minimum absolute atomic E-state index is 0.146. The highest BCUT2D eigenvalue weighted by Gasteiger charge is 2.04. The van der Waals surface area contributed by atoms with E-state index in [0.717, 1.165) is 0 Å². The van der Waals surface area contributed by atoms with E-state index >= 15 is 0 Å². The van der Waals surface area contributed by atoms with Crippen molar-refractivity contribution in [3.63, 3.8) is 0 Å². The van der Waals surface area contributed by atoms with Gasteiger partial charge in [0.2, 0.25) is 6.08 Å². The molecule has 0 N–H and O–H groups in total. The Hall–Kier alpha value is -1.62. The van der Waals surface area contributed by atoms with Gasteiger partial charge < -0.3 is 0 Å². The zero-order valence-corrected chi connectivity index (χ0v) is 7.38. The van der Waals surface area contributed by atoms with Crippen LogP contribution in [0.25, 0.3) is 0 Å². The molecule has 13 heavy (non-hydrogen) atoms. The maximum absolute atomic E-state index is 9.86. The molecule has 3 nitrogen and oxygen atoms in total. The monoisotopic (exact) mass is 192 g/mol. The van der Waals surface area contributed by atoms with Crippen LogP contribution in [0.15, 0.2) is 23.2 Å². The Morgan fingerprint density at radius 1 is 1.54 bits per heavy atom. The molecule has 1 aromatic rings. The molecule has 0 fully saturated rings. The van der Waals surface area contributed by atoms with E-state index in [4.69, 9.17) is 16.9 Å². The number of hydrogen-bond acceptors (Lipinski definition) is 3. The van der Waals surface area contributed by atoms with Crippen LogP contribution in [0, 0.1) is 11.3 Å². The van der Waals surface area contributed by atoms with Crippen LogP contribution in [0.5, 0.6) is 0 Å². The number of carbonyl (C=O) groups excluding carboxylic acids is 1. The summed E-state index contributed by atoms with van der Waals surface area (Å²) in [6.45, 7) is 0.146. The Bertz CT molecular complexity index is 403. The molecular weight excluding hydrogens is 188 g/mol. The summed E-state index contributed by atoms with van der Waals surface area (Å²) in [5, 5.41) is 9.10. The van der Waals surface area contributed by atoms with Crippen LogP contribution in [-0.2, 0) is 11.3 Å². The average Bonchev–Trinajstić information content (AvgIpc) is 2.15. The molecule has 0 atom stereocenters. The second-order valence-corrected chi connectivity index (χ2v) is 2.70. The smallest absolute Gasteiger partial charge is 0.211 e. The molecule has 0 radical (unpaired) electrons. The van der Waals surface area contributed by atoms with E-state index in [2.05, 4.69) is 4.99 Å². The highest BCUT2D eigenvalue weighted by molar-refractivity contribution is 6.31. The van der Waals surface area contributed by atoms with Crippen LogP contribution in [0.4, 0.5) is 0 Å². The van der Waals surface area contributed by atoms with Gasteiger partial charge in [-0.1, -0.05) is 23.7 Å². The SMILES string of the molecule is N#Cc1c(Cl)cccc1CN=C=O. The zero-order valence-electron chi connectivity index (χ0n) is 6.62. The molecule has 0 saturated heterocycles. The minimum Gasteiger partial charge on any atom is -0.211 e. The summed E-state index contributed by atoms with van der Waals surface area (Å²) >= 11 is 5.75. The van der Waals surface area contributed by atoms with Crippen molar-refractivity contribution in [1.82, 2.24) is 0 Å². The van der Waals surface area contributed by atoms with Crippen molar-refractivity contribution in [2.24, 2.45) is 4.99 Å². The first-order valence-corrected chi connectivity index (χ1v) is 3.88. The van der Waals surface area contributed by atoms with Gasteiger partial charge in [-0.05, 0) is 11.6 Å². The lowest BCUT2D eigenvalue weighted by Gasteiger charge is -1.99. The van der Waals surface area contributed by atoms with E-state index in [9.17, 15) is 4.79 Å². The molecule has 4 heteroatoms. The van der Waals surface area contributed by atoms with Gasteiger partial charge in [0, 0.05) is 0 Å². The van der Waals surface area contributed by atoms with Gasteiger partial charge in [0.05, 0.1) is 17.1 Å². The Kier molecular flexibility index (Phi) is 3.22. The Morgan fingerprint density at radius 2 is 2.31 bits per heavy atom. The second kappa shape index (κ2) is 4.42.